The summed E-state index contributed by atoms with van der Waals surface area (Å²) in [6.07, 6.45) is 2.93. The maximum atomic E-state index is 12.4. The van der Waals surface area contributed by atoms with E-state index in [9.17, 15) is 9.59 Å². The minimum absolute atomic E-state index is 0.00930. The molecular weight excluding hydrogens is 346 g/mol. The largest absolute Gasteiger partial charge is 0.351 e. The first-order valence-electron chi connectivity index (χ1n) is 9.07. The maximum Gasteiger partial charge on any atom is 0.321 e. The fourth-order valence-corrected chi connectivity index (χ4v) is 3.86. The van der Waals surface area contributed by atoms with Crippen LogP contribution >= 0.6 is 11.3 Å². The molecular formula is C20H25N3O2S. The fraction of sp³-hybridized carbons (Fsp3) is 0.400. The monoisotopic (exact) mass is 371 g/mol. The van der Waals surface area contributed by atoms with Crippen LogP contribution in [0.15, 0.2) is 41.8 Å². The number of anilines is 1. The van der Waals surface area contributed by atoms with E-state index in [1.165, 1.54) is 11.3 Å². The average Bonchev–Trinajstić information content (AvgIpc) is 3.19. The van der Waals surface area contributed by atoms with Crippen molar-refractivity contribution in [2.24, 2.45) is 5.92 Å². The lowest BCUT2D eigenvalue weighted by molar-refractivity contribution is 0.0953. The van der Waals surface area contributed by atoms with E-state index in [1.54, 1.807) is 0 Å². The molecule has 0 spiro atoms. The predicted octanol–water partition coefficient (Wildman–Crippen LogP) is 4.12. The molecule has 2 heterocycles. The summed E-state index contributed by atoms with van der Waals surface area (Å²) in [6, 6.07) is 11.5. The van der Waals surface area contributed by atoms with Crippen molar-refractivity contribution in [1.82, 2.24) is 10.2 Å². The number of thiophene rings is 1. The number of para-hydroxylation sites is 1. The molecule has 5 nitrogen and oxygen atoms in total. The standard InChI is InChI=1S/C20H25N3O2S/c1-15-5-2-3-6-17(15)22-20(25)23-12-9-16(10-13-23)8-11-21-19(24)18-7-4-14-26-18/h2-7,14,16H,8-13H2,1H3,(H,21,24)(H,22,25). The summed E-state index contributed by atoms with van der Waals surface area (Å²) in [7, 11) is 0. The molecule has 1 aromatic carbocycles. The first-order chi connectivity index (χ1) is 12.6. The van der Waals surface area contributed by atoms with Gasteiger partial charge >= 0.3 is 6.03 Å². The zero-order valence-corrected chi connectivity index (χ0v) is 15.8. The molecule has 1 aliphatic heterocycles. The third-order valence-corrected chi connectivity index (χ3v) is 5.74. The van der Waals surface area contributed by atoms with Crippen LogP contribution in [0.3, 0.4) is 0 Å². The molecule has 0 aliphatic carbocycles. The number of aryl methyl sites for hydroxylation is 1. The Morgan fingerprint density at radius 1 is 1.15 bits per heavy atom. The molecule has 0 unspecified atom stereocenters. The van der Waals surface area contributed by atoms with Gasteiger partial charge in [0.05, 0.1) is 4.88 Å². The summed E-state index contributed by atoms with van der Waals surface area (Å²) in [5.74, 6) is 0.566. The first kappa shape index (κ1) is 18.5. The van der Waals surface area contributed by atoms with Gasteiger partial charge in [-0.25, -0.2) is 4.79 Å². The van der Waals surface area contributed by atoms with Gasteiger partial charge in [0, 0.05) is 25.3 Å². The second-order valence-corrected chi connectivity index (χ2v) is 7.65. The molecule has 1 saturated heterocycles. The van der Waals surface area contributed by atoms with Gasteiger partial charge in [0.15, 0.2) is 0 Å². The molecule has 3 amide bonds. The number of nitrogens with zero attached hydrogens (tertiary/aromatic N) is 1. The minimum Gasteiger partial charge on any atom is -0.351 e. The van der Waals surface area contributed by atoms with Gasteiger partial charge < -0.3 is 15.5 Å². The summed E-state index contributed by atoms with van der Waals surface area (Å²) in [4.78, 5) is 27.0. The minimum atomic E-state index is -0.0243. The average molecular weight is 372 g/mol. The lowest BCUT2D eigenvalue weighted by Gasteiger charge is -2.32. The number of urea groups is 1. The molecule has 2 N–H and O–H groups in total. The second-order valence-electron chi connectivity index (χ2n) is 6.70. The summed E-state index contributed by atoms with van der Waals surface area (Å²) >= 11 is 1.46. The Hall–Kier alpha value is -2.34. The van der Waals surface area contributed by atoms with Gasteiger partial charge in [-0.1, -0.05) is 24.3 Å². The normalized spacial score (nSPS) is 14.9. The molecule has 0 atom stereocenters. The van der Waals surface area contributed by atoms with E-state index in [2.05, 4.69) is 10.6 Å². The van der Waals surface area contributed by atoms with Crippen LogP contribution in [0, 0.1) is 12.8 Å². The van der Waals surface area contributed by atoms with Gasteiger partial charge in [0.2, 0.25) is 0 Å². The molecule has 0 saturated carbocycles. The van der Waals surface area contributed by atoms with Gasteiger partial charge in [0.1, 0.15) is 0 Å². The van der Waals surface area contributed by atoms with Crippen LogP contribution in [-0.2, 0) is 0 Å². The fourth-order valence-electron chi connectivity index (χ4n) is 3.22. The first-order valence-corrected chi connectivity index (χ1v) is 9.94. The number of likely N-dealkylation sites (tertiary alicyclic amines) is 1. The highest BCUT2D eigenvalue weighted by Crippen LogP contribution is 2.21. The topological polar surface area (TPSA) is 61.4 Å². The van der Waals surface area contributed by atoms with Crippen LogP contribution in [0.25, 0.3) is 0 Å². The highest BCUT2D eigenvalue weighted by atomic mass is 32.1. The summed E-state index contributed by atoms with van der Waals surface area (Å²) in [5, 5.41) is 7.89. The SMILES string of the molecule is Cc1ccccc1NC(=O)N1CCC(CCNC(=O)c2cccs2)CC1. The van der Waals surface area contributed by atoms with E-state index < -0.39 is 0 Å². The lowest BCUT2D eigenvalue weighted by Crippen LogP contribution is -2.41. The van der Waals surface area contributed by atoms with Crippen molar-refractivity contribution < 1.29 is 9.59 Å². The molecule has 1 fully saturated rings. The summed E-state index contributed by atoms with van der Waals surface area (Å²) in [5.41, 5.74) is 1.94. The van der Waals surface area contributed by atoms with E-state index in [1.807, 2.05) is 53.6 Å². The van der Waals surface area contributed by atoms with Gasteiger partial charge in [0.25, 0.3) is 5.91 Å². The van der Waals surface area contributed by atoms with Crippen molar-refractivity contribution >= 4 is 29.0 Å². The summed E-state index contributed by atoms with van der Waals surface area (Å²) < 4.78 is 0. The van der Waals surface area contributed by atoms with Crippen LogP contribution in [0.5, 0.6) is 0 Å². The van der Waals surface area contributed by atoms with E-state index >= 15 is 0 Å². The number of amides is 3. The van der Waals surface area contributed by atoms with Crippen LogP contribution in [0.2, 0.25) is 0 Å². The number of rotatable bonds is 5. The van der Waals surface area contributed by atoms with Crippen molar-refractivity contribution in [2.75, 3.05) is 25.0 Å². The molecule has 0 bridgehead atoms. The van der Waals surface area contributed by atoms with Gasteiger partial charge in [-0.15, -0.1) is 11.3 Å². The van der Waals surface area contributed by atoms with Crippen LogP contribution < -0.4 is 10.6 Å². The zero-order valence-electron chi connectivity index (χ0n) is 15.0. The van der Waals surface area contributed by atoms with E-state index in [4.69, 9.17) is 0 Å². The summed E-state index contributed by atoms with van der Waals surface area (Å²) in [6.45, 7) is 4.21. The van der Waals surface area contributed by atoms with Gasteiger partial charge in [-0.3, -0.25) is 4.79 Å². The highest BCUT2D eigenvalue weighted by molar-refractivity contribution is 7.12. The number of piperidine rings is 1. The molecule has 1 aliphatic rings. The third-order valence-electron chi connectivity index (χ3n) is 4.87. The molecule has 26 heavy (non-hydrogen) atoms. The van der Waals surface area contributed by atoms with E-state index in [-0.39, 0.29) is 11.9 Å². The number of benzene rings is 1. The third kappa shape index (κ3) is 4.85. The Balaban J connectivity index is 1.38. The Kier molecular flexibility index (Phi) is 6.28. The highest BCUT2D eigenvalue weighted by Gasteiger charge is 2.23. The number of nitrogens with one attached hydrogen (secondary N) is 2. The maximum absolute atomic E-state index is 12.4. The molecule has 1 aromatic heterocycles. The van der Waals surface area contributed by atoms with Crippen LogP contribution in [-0.4, -0.2) is 36.5 Å². The van der Waals surface area contributed by atoms with E-state index in [0.717, 1.165) is 48.5 Å². The Morgan fingerprint density at radius 2 is 1.92 bits per heavy atom. The van der Waals surface area contributed by atoms with Crippen molar-refractivity contribution in [3.63, 3.8) is 0 Å². The molecule has 6 heteroatoms. The number of hydrogen-bond acceptors (Lipinski definition) is 3. The predicted molar refractivity (Wildman–Crippen MR) is 106 cm³/mol. The Morgan fingerprint density at radius 3 is 2.62 bits per heavy atom. The van der Waals surface area contributed by atoms with Gasteiger partial charge in [-0.05, 0) is 55.2 Å². The van der Waals surface area contributed by atoms with Crippen molar-refractivity contribution in [3.8, 4) is 0 Å². The van der Waals surface area contributed by atoms with Gasteiger partial charge in [-0.2, -0.15) is 0 Å². The van der Waals surface area contributed by atoms with Crippen molar-refractivity contribution in [3.05, 3.63) is 52.2 Å². The molecule has 3 rings (SSSR count). The molecule has 0 radical (unpaired) electrons. The smallest absolute Gasteiger partial charge is 0.321 e. The van der Waals surface area contributed by atoms with Crippen LogP contribution in [0.1, 0.15) is 34.5 Å². The Labute approximate surface area is 158 Å². The van der Waals surface area contributed by atoms with E-state index in [0.29, 0.717) is 12.5 Å². The number of carbonyl (C=O) groups excluding carboxylic acids is 2. The molecule has 2 aromatic rings. The van der Waals surface area contributed by atoms with Crippen molar-refractivity contribution in [1.29, 1.82) is 0 Å². The Bertz CT molecular complexity index is 737. The zero-order chi connectivity index (χ0) is 18.4. The lowest BCUT2D eigenvalue weighted by atomic mass is 9.93. The quantitative estimate of drug-likeness (QED) is 0.830. The second kappa shape index (κ2) is 8.85. The van der Waals surface area contributed by atoms with Crippen LogP contribution in [0.4, 0.5) is 10.5 Å². The molecule has 138 valence electrons. The number of hydrogen-bond donors (Lipinski definition) is 2. The number of carbonyl (C=O) groups is 2. The van der Waals surface area contributed by atoms with Crippen molar-refractivity contribution in [2.45, 2.75) is 26.2 Å².